The quantitative estimate of drug-likeness (QED) is 0.0176. The molecule has 0 unspecified atom stereocenters. The number of nitrogens with zero attached hydrogens (tertiary/aromatic N) is 5. The molecule has 1 aromatic heterocycles. The highest BCUT2D eigenvalue weighted by Gasteiger charge is 2.25. The average molecular weight is 1550 g/mol. The van der Waals surface area contributed by atoms with Crippen molar-refractivity contribution in [2.45, 2.75) is 217 Å². The monoisotopic (exact) mass is 1550 g/mol. The van der Waals surface area contributed by atoms with Crippen LogP contribution in [-0.2, 0) is 90.8 Å². The first-order chi connectivity index (χ1) is 52.8. The van der Waals surface area contributed by atoms with Gasteiger partial charge in [-0.1, -0.05) is 31.0 Å². The number of carbonyl (C=O) groups is 8. The Hall–Kier alpha value is -8.57. The Kier molecular flexibility index (Phi) is 52.3. The molecule has 30 nitrogen and oxygen atoms in total. The fourth-order valence-electron chi connectivity index (χ4n) is 10.6. The SMILES string of the molecule is COc1cc(S(=O)(=O)CCN(C)CCOC(=O)CCCCCOC(=O)CCCCCOC(=O)CCCCCOC(=O)CCCCCO)c(OC)cc1/N=N/c1c(Nc2ccccc2)nc(NCCOCCOC(=O)CCCCCOC(=O)CCCCCOC(=O)CCCCCOC(=O)CCCCCO)c(C#N)c1C. The summed E-state index contributed by atoms with van der Waals surface area (Å²) in [6.45, 7) is 4.56. The van der Waals surface area contributed by atoms with E-state index in [1.54, 1.807) is 18.9 Å². The molecular weight excluding hydrogens is 1430 g/mol. The average Bonchev–Trinajstić information content (AvgIpc) is 0.791. The molecule has 0 atom stereocenters. The van der Waals surface area contributed by atoms with Crippen LogP contribution in [0.3, 0.4) is 0 Å². The number of azo groups is 1. The molecule has 0 aliphatic carbocycles. The minimum Gasteiger partial charge on any atom is -0.495 e. The molecule has 0 spiro atoms. The maximum absolute atomic E-state index is 13.9. The van der Waals surface area contributed by atoms with E-state index in [4.69, 9.17) is 67.3 Å². The molecule has 0 amide bonds. The topological polar surface area (TPSA) is 401 Å². The number of pyridine rings is 1. The number of sulfone groups is 1. The third-order valence-electron chi connectivity index (χ3n) is 16.9. The third-order valence-corrected chi connectivity index (χ3v) is 18.6. The lowest BCUT2D eigenvalue weighted by atomic mass is 10.1. The van der Waals surface area contributed by atoms with E-state index >= 15 is 0 Å². The van der Waals surface area contributed by atoms with Crippen molar-refractivity contribution in [3.63, 3.8) is 0 Å². The molecule has 0 fully saturated rings. The van der Waals surface area contributed by atoms with E-state index < -0.39 is 15.8 Å². The van der Waals surface area contributed by atoms with Crippen LogP contribution in [0, 0.1) is 18.3 Å². The third kappa shape index (κ3) is 45.2. The number of aliphatic hydroxyl groups excluding tert-OH is 2. The van der Waals surface area contributed by atoms with E-state index in [9.17, 15) is 52.0 Å². The van der Waals surface area contributed by atoms with Crippen LogP contribution in [0.5, 0.6) is 11.5 Å². The fourth-order valence-corrected chi connectivity index (χ4v) is 12.1. The number of para-hydroxylation sites is 1. The molecule has 31 heteroatoms. The standard InChI is InChI=1S/C78H119N7O23S/c1-61-63(60-79)77(80-42-53-100-55-56-108-75(95)41-23-13-31-52-106-73(93)39-21-11-29-50-104-71(91)37-19-9-27-48-102-69(89)35-17-7-25-46-87)82-78(81-62-32-14-5-15-33-62)76(61)84-83-64-58-66(99-4)67(59-65(64)98-3)109(96,97)57-44-85(2)43-54-107-74(94)40-22-12-30-51-105-72(92)38-20-10-28-49-103-70(90)36-18-8-26-47-101-68(88)34-16-6-24-45-86/h5,14-15,32-33,58-59,86-87H,6-13,16-31,34-57H2,1-4H3,(H2,80,81,82)/b84-83+. The number of unbranched alkanes of at least 4 members (excludes halogenated alkanes) is 16. The highest BCUT2D eigenvalue weighted by molar-refractivity contribution is 7.91. The Morgan fingerprint density at radius 3 is 1.24 bits per heavy atom. The molecule has 0 aliphatic rings. The molecule has 1 heterocycles. The molecule has 0 saturated carbocycles. The summed E-state index contributed by atoms with van der Waals surface area (Å²) >= 11 is 0. The zero-order valence-electron chi connectivity index (χ0n) is 64.6. The predicted molar refractivity (Wildman–Crippen MR) is 406 cm³/mol. The van der Waals surface area contributed by atoms with Crippen molar-refractivity contribution >= 4 is 86.3 Å². The van der Waals surface area contributed by atoms with Gasteiger partial charge in [0.1, 0.15) is 52.9 Å². The van der Waals surface area contributed by atoms with Gasteiger partial charge in [-0.25, -0.2) is 13.4 Å². The van der Waals surface area contributed by atoms with Gasteiger partial charge in [-0.05, 0) is 167 Å². The number of methoxy groups -OCH3 is 2. The molecule has 0 saturated heterocycles. The van der Waals surface area contributed by atoms with Crippen molar-refractivity contribution in [2.75, 3.05) is 137 Å². The number of likely N-dealkylation sites (N-methyl/N-ethyl adjacent to an activating group) is 1. The van der Waals surface area contributed by atoms with Gasteiger partial charge in [-0.2, -0.15) is 5.26 Å². The molecule has 0 aliphatic heterocycles. The van der Waals surface area contributed by atoms with Gasteiger partial charge in [0.25, 0.3) is 0 Å². The van der Waals surface area contributed by atoms with E-state index in [-0.39, 0.29) is 210 Å². The van der Waals surface area contributed by atoms with Crippen molar-refractivity contribution in [3.05, 3.63) is 53.6 Å². The summed E-state index contributed by atoms with van der Waals surface area (Å²) in [4.78, 5) is 103. The molecule has 109 heavy (non-hydrogen) atoms. The lowest BCUT2D eigenvalue weighted by Gasteiger charge is -2.18. The minimum absolute atomic E-state index is 0.0160. The first-order valence-electron chi connectivity index (χ1n) is 38.5. The second kappa shape index (κ2) is 60.3. The zero-order valence-corrected chi connectivity index (χ0v) is 65.4. The lowest BCUT2D eigenvalue weighted by Crippen LogP contribution is -2.29. The van der Waals surface area contributed by atoms with Crippen LogP contribution in [0.15, 0.2) is 57.6 Å². The van der Waals surface area contributed by atoms with E-state index in [0.29, 0.717) is 172 Å². The van der Waals surface area contributed by atoms with Gasteiger partial charge in [-0.3, -0.25) is 38.4 Å². The number of nitrogens with one attached hydrogen (secondary N) is 2. The van der Waals surface area contributed by atoms with Crippen molar-refractivity contribution in [1.82, 2.24) is 9.88 Å². The summed E-state index contributed by atoms with van der Waals surface area (Å²) in [6.07, 6.45) is 18.1. The Morgan fingerprint density at radius 1 is 0.468 bits per heavy atom. The number of carbonyl (C=O) groups excluding carboxylic acids is 8. The van der Waals surface area contributed by atoms with Gasteiger partial charge < -0.3 is 77.9 Å². The molecule has 0 radical (unpaired) electrons. The number of rotatable bonds is 66. The van der Waals surface area contributed by atoms with Crippen molar-refractivity contribution in [2.24, 2.45) is 10.2 Å². The van der Waals surface area contributed by atoms with E-state index in [1.807, 2.05) is 30.3 Å². The normalized spacial score (nSPS) is 11.2. The number of esters is 8. The summed E-state index contributed by atoms with van der Waals surface area (Å²) in [5.74, 6) is -2.22. The van der Waals surface area contributed by atoms with Crippen molar-refractivity contribution < 1.29 is 109 Å². The Morgan fingerprint density at radius 2 is 0.853 bits per heavy atom. The minimum atomic E-state index is -4.00. The number of hydrogen-bond donors (Lipinski definition) is 4. The second-order valence-corrected chi connectivity index (χ2v) is 28.1. The highest BCUT2D eigenvalue weighted by Crippen LogP contribution is 2.41. The van der Waals surface area contributed by atoms with Crippen LogP contribution in [0.4, 0.5) is 28.7 Å². The van der Waals surface area contributed by atoms with Crippen LogP contribution in [-0.4, -0.2) is 202 Å². The summed E-state index contributed by atoms with van der Waals surface area (Å²) in [5.41, 5.74) is 1.57. The Balaban J connectivity index is 1.32. The number of aliphatic hydroxyl groups is 2. The van der Waals surface area contributed by atoms with Crippen molar-refractivity contribution in [1.29, 1.82) is 5.26 Å². The van der Waals surface area contributed by atoms with Crippen LogP contribution >= 0.6 is 0 Å². The van der Waals surface area contributed by atoms with Gasteiger partial charge >= 0.3 is 47.8 Å². The van der Waals surface area contributed by atoms with Crippen molar-refractivity contribution in [3.8, 4) is 17.6 Å². The molecule has 3 aromatic rings. The number of aromatic nitrogens is 1. The number of hydrogen-bond acceptors (Lipinski definition) is 30. The molecule has 4 N–H and O–H groups in total. The van der Waals surface area contributed by atoms with Crippen LogP contribution in [0.25, 0.3) is 0 Å². The molecule has 3 rings (SSSR count). The molecule has 2 aromatic carbocycles. The molecular formula is C78H119N7O23S. The van der Waals surface area contributed by atoms with Gasteiger partial charge in [0.15, 0.2) is 15.7 Å². The van der Waals surface area contributed by atoms with Gasteiger partial charge in [0.2, 0.25) is 0 Å². The highest BCUT2D eigenvalue weighted by atomic mass is 32.2. The first-order valence-corrected chi connectivity index (χ1v) is 40.1. The lowest BCUT2D eigenvalue weighted by molar-refractivity contribution is -0.146. The summed E-state index contributed by atoms with van der Waals surface area (Å²) in [5, 5.41) is 43.4. The van der Waals surface area contributed by atoms with E-state index in [2.05, 4.69) is 26.9 Å². The van der Waals surface area contributed by atoms with E-state index in [1.165, 1.54) is 26.4 Å². The van der Waals surface area contributed by atoms with E-state index in [0.717, 1.165) is 25.7 Å². The number of ether oxygens (including phenoxy) is 11. The van der Waals surface area contributed by atoms with Crippen LogP contribution < -0.4 is 20.1 Å². The van der Waals surface area contributed by atoms with Gasteiger partial charge in [0.05, 0.1) is 78.4 Å². The Labute approximate surface area is 642 Å². The summed E-state index contributed by atoms with van der Waals surface area (Å²) in [6, 6.07) is 14.0. The Bertz CT molecular complexity index is 3320. The van der Waals surface area contributed by atoms with Crippen LogP contribution in [0.1, 0.15) is 217 Å². The second-order valence-electron chi connectivity index (χ2n) is 26.0. The number of nitriles is 1. The number of benzene rings is 2. The maximum Gasteiger partial charge on any atom is 0.305 e. The smallest absolute Gasteiger partial charge is 0.305 e. The fraction of sp³-hybridized carbons (Fsp3) is 0.667. The maximum atomic E-state index is 13.9. The first kappa shape index (κ1) is 94.6. The van der Waals surface area contributed by atoms with Gasteiger partial charge in [0, 0.05) is 108 Å². The predicted octanol–water partition coefficient (Wildman–Crippen LogP) is 12.4. The largest absolute Gasteiger partial charge is 0.495 e. The zero-order chi connectivity index (χ0) is 79.4. The molecule has 610 valence electrons. The number of anilines is 3. The summed E-state index contributed by atoms with van der Waals surface area (Å²) in [7, 11) is 0.396. The van der Waals surface area contributed by atoms with Gasteiger partial charge in [-0.15, -0.1) is 10.2 Å². The van der Waals surface area contributed by atoms with Crippen LogP contribution in [0.2, 0.25) is 0 Å². The molecule has 0 bridgehead atoms. The summed E-state index contributed by atoms with van der Waals surface area (Å²) < 4.78 is 87.0.